The van der Waals surface area contributed by atoms with Crippen LogP contribution in [0, 0.1) is 12.7 Å². The second-order valence-electron chi connectivity index (χ2n) is 5.76. The number of rotatable bonds is 3. The average molecular weight is 343 g/mol. The lowest BCUT2D eigenvalue weighted by molar-refractivity contribution is 0.0787. The van der Waals surface area contributed by atoms with E-state index >= 15 is 0 Å². The molecule has 0 fully saturated rings. The molecule has 0 aliphatic carbocycles. The summed E-state index contributed by atoms with van der Waals surface area (Å²) in [5, 5.41) is 1.28. The van der Waals surface area contributed by atoms with Crippen LogP contribution in [0.25, 0.3) is 10.9 Å². The summed E-state index contributed by atoms with van der Waals surface area (Å²) in [6.07, 6.45) is 0. The Morgan fingerprint density at radius 1 is 1.21 bits per heavy atom. The van der Waals surface area contributed by atoms with Gasteiger partial charge in [-0.25, -0.2) is 4.39 Å². The van der Waals surface area contributed by atoms with Gasteiger partial charge < -0.3 is 4.90 Å². The number of aryl methyl sites for hydroxylation is 1. The van der Waals surface area contributed by atoms with Crippen molar-refractivity contribution in [1.82, 2.24) is 9.88 Å². The molecule has 0 bridgehead atoms. The number of fused-ring (bicyclic) bond motifs is 1. The third-order valence-corrected chi connectivity index (χ3v) is 4.02. The molecule has 24 heavy (non-hydrogen) atoms. The predicted octanol–water partition coefficient (Wildman–Crippen LogP) is 4.61. The molecular weight excluding hydrogens is 327 g/mol. The van der Waals surface area contributed by atoms with E-state index in [2.05, 4.69) is 4.98 Å². The molecule has 0 saturated carbocycles. The smallest absolute Gasteiger partial charge is 0.254 e. The van der Waals surface area contributed by atoms with Crippen LogP contribution in [0.3, 0.4) is 0 Å². The van der Waals surface area contributed by atoms with Gasteiger partial charge in [0, 0.05) is 35.8 Å². The molecule has 0 spiro atoms. The largest absolute Gasteiger partial charge is 0.337 e. The Morgan fingerprint density at radius 2 is 2.00 bits per heavy atom. The number of aromatic nitrogens is 1. The first-order chi connectivity index (χ1) is 11.4. The van der Waals surface area contributed by atoms with E-state index in [9.17, 15) is 9.18 Å². The fourth-order valence-electron chi connectivity index (χ4n) is 2.70. The Balaban J connectivity index is 1.95. The Kier molecular flexibility index (Phi) is 4.49. The van der Waals surface area contributed by atoms with E-state index in [1.807, 2.05) is 18.2 Å². The van der Waals surface area contributed by atoms with Gasteiger partial charge in [-0.05, 0) is 42.8 Å². The number of benzene rings is 2. The number of nitrogens with zero attached hydrogens (tertiary/aromatic N) is 2. The minimum Gasteiger partial charge on any atom is -0.337 e. The van der Waals surface area contributed by atoms with Gasteiger partial charge in [0.25, 0.3) is 5.91 Å². The van der Waals surface area contributed by atoms with Crippen LogP contribution in [0.4, 0.5) is 4.39 Å². The molecule has 122 valence electrons. The Morgan fingerprint density at radius 3 is 2.75 bits per heavy atom. The summed E-state index contributed by atoms with van der Waals surface area (Å²) in [7, 11) is 1.73. The van der Waals surface area contributed by atoms with Crippen LogP contribution in [-0.4, -0.2) is 22.8 Å². The third kappa shape index (κ3) is 3.39. The van der Waals surface area contributed by atoms with Gasteiger partial charge in [-0.1, -0.05) is 23.7 Å². The standard InChI is InChI=1S/C19H16ClFN2O/c1-12-8-17(16-7-6-15(21)10-18(16)22-12)19(24)23(2)11-13-4-3-5-14(20)9-13/h3-10H,11H2,1-2H3. The summed E-state index contributed by atoms with van der Waals surface area (Å²) >= 11 is 5.99. The summed E-state index contributed by atoms with van der Waals surface area (Å²) in [4.78, 5) is 18.8. The Hall–Kier alpha value is -2.46. The predicted molar refractivity (Wildman–Crippen MR) is 93.7 cm³/mol. The van der Waals surface area contributed by atoms with Crippen LogP contribution in [0.1, 0.15) is 21.6 Å². The highest BCUT2D eigenvalue weighted by Gasteiger charge is 2.17. The van der Waals surface area contributed by atoms with Crippen LogP contribution in [-0.2, 0) is 6.54 Å². The van der Waals surface area contributed by atoms with Gasteiger partial charge in [-0.2, -0.15) is 0 Å². The van der Waals surface area contributed by atoms with Gasteiger partial charge in [0.2, 0.25) is 0 Å². The molecule has 0 N–H and O–H groups in total. The zero-order valence-electron chi connectivity index (χ0n) is 13.4. The quantitative estimate of drug-likeness (QED) is 0.696. The normalized spacial score (nSPS) is 10.8. The summed E-state index contributed by atoms with van der Waals surface area (Å²) in [5.74, 6) is -0.511. The molecule has 0 unspecified atom stereocenters. The van der Waals surface area contributed by atoms with E-state index < -0.39 is 0 Å². The van der Waals surface area contributed by atoms with E-state index in [1.165, 1.54) is 12.1 Å². The molecule has 2 aromatic carbocycles. The molecular formula is C19H16ClFN2O. The third-order valence-electron chi connectivity index (χ3n) is 3.79. The number of carbonyl (C=O) groups is 1. The maximum Gasteiger partial charge on any atom is 0.254 e. The first kappa shape index (κ1) is 16.4. The molecule has 0 saturated heterocycles. The lowest BCUT2D eigenvalue weighted by Crippen LogP contribution is -2.26. The van der Waals surface area contributed by atoms with Gasteiger partial charge in [0.05, 0.1) is 11.1 Å². The second kappa shape index (κ2) is 6.57. The van der Waals surface area contributed by atoms with Crippen LogP contribution in [0.5, 0.6) is 0 Å². The maximum absolute atomic E-state index is 13.4. The van der Waals surface area contributed by atoms with E-state index in [4.69, 9.17) is 11.6 Å². The van der Waals surface area contributed by atoms with Crippen LogP contribution >= 0.6 is 11.6 Å². The molecule has 5 heteroatoms. The zero-order chi connectivity index (χ0) is 17.3. The van der Waals surface area contributed by atoms with Crippen molar-refractivity contribution in [2.75, 3.05) is 7.05 Å². The summed E-state index contributed by atoms with van der Waals surface area (Å²) in [6.45, 7) is 2.22. The van der Waals surface area contributed by atoms with Crippen LogP contribution in [0.2, 0.25) is 5.02 Å². The van der Waals surface area contributed by atoms with Gasteiger partial charge in [-0.15, -0.1) is 0 Å². The average Bonchev–Trinajstić information content (AvgIpc) is 2.52. The van der Waals surface area contributed by atoms with Gasteiger partial charge in [0.15, 0.2) is 0 Å². The fraction of sp³-hybridized carbons (Fsp3) is 0.158. The molecule has 1 heterocycles. The highest BCUT2D eigenvalue weighted by molar-refractivity contribution is 6.30. The van der Waals surface area contributed by atoms with Gasteiger partial charge in [-0.3, -0.25) is 9.78 Å². The minimum absolute atomic E-state index is 0.142. The van der Waals surface area contributed by atoms with Crippen molar-refractivity contribution in [2.45, 2.75) is 13.5 Å². The molecule has 0 aliphatic rings. The summed E-state index contributed by atoms with van der Waals surface area (Å²) < 4.78 is 13.4. The number of hydrogen-bond acceptors (Lipinski definition) is 2. The van der Waals surface area contributed by atoms with Crippen molar-refractivity contribution >= 4 is 28.4 Å². The Labute approximate surface area is 144 Å². The van der Waals surface area contributed by atoms with Crippen molar-refractivity contribution < 1.29 is 9.18 Å². The highest BCUT2D eigenvalue weighted by Crippen LogP contribution is 2.22. The topological polar surface area (TPSA) is 33.2 Å². The van der Waals surface area contributed by atoms with Gasteiger partial charge >= 0.3 is 0 Å². The Bertz CT molecular complexity index is 921. The van der Waals surface area contributed by atoms with Crippen molar-refractivity contribution in [3.63, 3.8) is 0 Å². The van der Waals surface area contributed by atoms with E-state index in [0.29, 0.717) is 33.7 Å². The SMILES string of the molecule is Cc1cc(C(=O)N(C)Cc2cccc(Cl)c2)c2ccc(F)cc2n1. The molecule has 1 aromatic heterocycles. The monoisotopic (exact) mass is 342 g/mol. The van der Waals surface area contributed by atoms with Crippen LogP contribution in [0.15, 0.2) is 48.5 Å². The molecule has 0 aliphatic heterocycles. The first-order valence-corrected chi connectivity index (χ1v) is 7.88. The van der Waals surface area contributed by atoms with E-state index in [0.717, 1.165) is 5.56 Å². The molecule has 3 rings (SSSR count). The zero-order valence-corrected chi connectivity index (χ0v) is 14.1. The molecule has 1 amide bonds. The fourth-order valence-corrected chi connectivity index (χ4v) is 2.91. The first-order valence-electron chi connectivity index (χ1n) is 7.51. The molecule has 0 atom stereocenters. The molecule has 3 nitrogen and oxygen atoms in total. The van der Waals surface area contributed by atoms with Crippen LogP contribution < -0.4 is 0 Å². The van der Waals surface area contributed by atoms with E-state index in [1.54, 1.807) is 37.1 Å². The lowest BCUT2D eigenvalue weighted by Gasteiger charge is -2.19. The number of halogens is 2. The van der Waals surface area contributed by atoms with E-state index in [-0.39, 0.29) is 11.7 Å². The second-order valence-corrected chi connectivity index (χ2v) is 6.20. The summed E-state index contributed by atoms with van der Waals surface area (Å²) in [6, 6.07) is 13.4. The minimum atomic E-state index is -0.369. The number of hydrogen-bond donors (Lipinski definition) is 0. The number of amides is 1. The highest BCUT2D eigenvalue weighted by atomic mass is 35.5. The number of carbonyl (C=O) groups excluding carboxylic acids is 1. The number of pyridine rings is 1. The summed E-state index contributed by atoms with van der Waals surface area (Å²) in [5.41, 5.74) is 2.61. The van der Waals surface area contributed by atoms with Crippen molar-refractivity contribution in [3.8, 4) is 0 Å². The van der Waals surface area contributed by atoms with Crippen molar-refractivity contribution in [2.24, 2.45) is 0 Å². The van der Waals surface area contributed by atoms with Crippen molar-refractivity contribution in [3.05, 3.63) is 76.2 Å². The lowest BCUT2D eigenvalue weighted by atomic mass is 10.1. The molecule has 0 radical (unpaired) electrons. The van der Waals surface area contributed by atoms with Gasteiger partial charge in [0.1, 0.15) is 5.82 Å². The molecule has 3 aromatic rings. The maximum atomic E-state index is 13.4. The van der Waals surface area contributed by atoms with Crippen molar-refractivity contribution in [1.29, 1.82) is 0 Å².